The number of amides is 2. The Bertz CT molecular complexity index is 1220. The molecular weight excluding hydrogens is 447 g/mol. The molecule has 0 unspecified atom stereocenters. The number of halogens is 2. The quantitative estimate of drug-likeness (QED) is 0.385. The number of carbonyl (C=O) groups is 2. The minimum atomic E-state index is -0.473. The number of aryl methyl sites for hydroxylation is 2. The van der Waals surface area contributed by atoms with E-state index in [1.807, 2.05) is 54.8 Å². The van der Waals surface area contributed by atoms with Crippen LogP contribution in [0.15, 0.2) is 59.5 Å². The molecule has 1 fully saturated rings. The molecule has 32 heavy (non-hydrogen) atoms. The molecule has 0 atom stereocenters. The van der Waals surface area contributed by atoms with E-state index in [-0.39, 0.29) is 16.2 Å². The molecule has 0 N–H and O–H groups in total. The van der Waals surface area contributed by atoms with Gasteiger partial charge >= 0.3 is 0 Å². The van der Waals surface area contributed by atoms with Crippen molar-refractivity contribution >= 4 is 40.6 Å². The van der Waals surface area contributed by atoms with Crippen LogP contribution < -0.4 is 0 Å². The van der Waals surface area contributed by atoms with Gasteiger partial charge in [-0.3, -0.25) is 14.5 Å². The van der Waals surface area contributed by atoms with Gasteiger partial charge in [-0.05, 0) is 79.9 Å². The van der Waals surface area contributed by atoms with Crippen molar-refractivity contribution < 1.29 is 14.0 Å². The van der Waals surface area contributed by atoms with E-state index in [1.165, 1.54) is 16.5 Å². The van der Waals surface area contributed by atoms with Gasteiger partial charge in [-0.2, -0.15) is 0 Å². The van der Waals surface area contributed by atoms with Crippen LogP contribution in [-0.4, -0.2) is 27.2 Å². The maximum atomic E-state index is 13.6. The summed E-state index contributed by atoms with van der Waals surface area (Å²) in [6.45, 7) is 4.24. The van der Waals surface area contributed by atoms with Gasteiger partial charge in [-0.15, -0.1) is 0 Å². The highest BCUT2D eigenvalue weighted by atomic mass is 35.5. The number of imide groups is 1. The molecule has 0 spiro atoms. The van der Waals surface area contributed by atoms with Crippen LogP contribution in [0.3, 0.4) is 0 Å². The van der Waals surface area contributed by atoms with Gasteiger partial charge in [0.15, 0.2) is 0 Å². The third kappa shape index (κ3) is 4.52. The van der Waals surface area contributed by atoms with E-state index >= 15 is 0 Å². The standard InChI is InChI=1S/C25H22ClFN2O2S/c1-16-13-19(17(2)29(16)20-10-11-22(27)21(26)15-20)14-23-24(30)28(25(31)32-23)12-6-9-18-7-4-3-5-8-18/h3-5,7-8,10-11,13-15H,6,9,12H2,1-2H3/b23-14+. The third-order valence-electron chi connectivity index (χ3n) is 5.48. The second kappa shape index (κ2) is 9.35. The molecule has 4 rings (SSSR count). The molecule has 4 nitrogen and oxygen atoms in total. The lowest BCUT2D eigenvalue weighted by Gasteiger charge is -2.12. The summed E-state index contributed by atoms with van der Waals surface area (Å²) in [5.74, 6) is -0.735. The van der Waals surface area contributed by atoms with Crippen molar-refractivity contribution in [1.29, 1.82) is 0 Å². The smallest absolute Gasteiger partial charge is 0.293 e. The normalized spacial score (nSPS) is 15.2. The molecule has 3 aromatic rings. The predicted molar refractivity (Wildman–Crippen MR) is 128 cm³/mol. The molecule has 1 saturated heterocycles. The number of carbonyl (C=O) groups excluding carboxylic acids is 2. The zero-order chi connectivity index (χ0) is 22.8. The number of hydrogen-bond donors (Lipinski definition) is 0. The highest BCUT2D eigenvalue weighted by Gasteiger charge is 2.34. The van der Waals surface area contributed by atoms with Crippen LogP contribution >= 0.6 is 23.4 Å². The average Bonchev–Trinajstić information content (AvgIpc) is 3.20. The Labute approximate surface area is 195 Å². The van der Waals surface area contributed by atoms with Gasteiger partial charge in [0.25, 0.3) is 11.1 Å². The molecule has 0 radical (unpaired) electrons. The summed E-state index contributed by atoms with van der Waals surface area (Å²) in [5.41, 5.74) is 4.54. The molecule has 7 heteroatoms. The van der Waals surface area contributed by atoms with Gasteiger partial charge in [0.1, 0.15) is 5.82 Å². The monoisotopic (exact) mass is 468 g/mol. The second-order valence-electron chi connectivity index (χ2n) is 7.68. The van der Waals surface area contributed by atoms with Crippen molar-refractivity contribution in [3.05, 3.63) is 92.9 Å². The zero-order valence-electron chi connectivity index (χ0n) is 17.8. The molecule has 2 aromatic carbocycles. The predicted octanol–water partition coefficient (Wildman–Crippen LogP) is 6.56. The molecule has 0 aliphatic carbocycles. The van der Waals surface area contributed by atoms with Crippen molar-refractivity contribution in [3.63, 3.8) is 0 Å². The van der Waals surface area contributed by atoms with Gasteiger partial charge in [0.2, 0.25) is 0 Å². The Hall–Kier alpha value is -2.83. The summed E-state index contributed by atoms with van der Waals surface area (Å²) < 4.78 is 15.5. The van der Waals surface area contributed by atoms with Crippen LogP contribution in [0.2, 0.25) is 5.02 Å². The molecule has 0 saturated carbocycles. The summed E-state index contributed by atoms with van der Waals surface area (Å²) in [5, 5.41) is -0.193. The first kappa shape index (κ1) is 22.4. The van der Waals surface area contributed by atoms with E-state index in [0.717, 1.165) is 47.2 Å². The highest BCUT2D eigenvalue weighted by molar-refractivity contribution is 8.18. The SMILES string of the molecule is Cc1cc(/C=C2/SC(=O)N(CCCc3ccccc3)C2=O)c(C)n1-c1ccc(F)c(Cl)c1. The van der Waals surface area contributed by atoms with Gasteiger partial charge in [-0.25, -0.2) is 4.39 Å². The second-order valence-corrected chi connectivity index (χ2v) is 9.08. The van der Waals surface area contributed by atoms with Gasteiger partial charge in [0, 0.05) is 23.6 Å². The Balaban J connectivity index is 1.52. The first-order chi connectivity index (χ1) is 15.3. The number of hydrogen-bond acceptors (Lipinski definition) is 3. The van der Waals surface area contributed by atoms with Crippen LogP contribution in [-0.2, 0) is 11.2 Å². The molecular formula is C25H22ClFN2O2S. The molecule has 1 aliphatic rings. The lowest BCUT2D eigenvalue weighted by molar-refractivity contribution is -0.122. The molecule has 1 aliphatic heterocycles. The fraction of sp³-hybridized carbons (Fsp3) is 0.200. The van der Waals surface area contributed by atoms with Crippen LogP contribution in [0.25, 0.3) is 11.8 Å². The Morgan fingerprint density at radius 2 is 1.81 bits per heavy atom. The molecule has 164 valence electrons. The maximum absolute atomic E-state index is 13.6. The largest absolute Gasteiger partial charge is 0.318 e. The molecule has 2 heterocycles. The van der Waals surface area contributed by atoms with E-state index in [2.05, 4.69) is 0 Å². The van der Waals surface area contributed by atoms with E-state index in [0.29, 0.717) is 11.4 Å². The zero-order valence-corrected chi connectivity index (χ0v) is 19.3. The fourth-order valence-corrected chi connectivity index (χ4v) is 4.91. The van der Waals surface area contributed by atoms with Gasteiger partial charge < -0.3 is 4.57 Å². The maximum Gasteiger partial charge on any atom is 0.293 e. The minimum absolute atomic E-state index is 0.0492. The van der Waals surface area contributed by atoms with Crippen molar-refractivity contribution in [2.24, 2.45) is 0 Å². The van der Waals surface area contributed by atoms with Crippen LogP contribution in [0, 0.1) is 19.7 Å². The lowest BCUT2D eigenvalue weighted by atomic mass is 10.1. The molecule has 0 bridgehead atoms. The summed E-state index contributed by atoms with van der Waals surface area (Å²) in [7, 11) is 0. The van der Waals surface area contributed by atoms with E-state index < -0.39 is 5.82 Å². The van der Waals surface area contributed by atoms with Crippen LogP contribution in [0.4, 0.5) is 9.18 Å². The van der Waals surface area contributed by atoms with Crippen LogP contribution in [0.1, 0.15) is 28.9 Å². The van der Waals surface area contributed by atoms with Crippen LogP contribution in [0.5, 0.6) is 0 Å². The first-order valence-corrected chi connectivity index (χ1v) is 11.5. The Morgan fingerprint density at radius 1 is 1.06 bits per heavy atom. The third-order valence-corrected chi connectivity index (χ3v) is 6.68. The lowest BCUT2D eigenvalue weighted by Crippen LogP contribution is -2.29. The van der Waals surface area contributed by atoms with Crippen molar-refractivity contribution in [2.45, 2.75) is 26.7 Å². The minimum Gasteiger partial charge on any atom is -0.318 e. The van der Waals surface area contributed by atoms with E-state index in [9.17, 15) is 14.0 Å². The summed E-state index contributed by atoms with van der Waals surface area (Å²) in [6, 6.07) is 16.5. The number of thioether (sulfide) groups is 1. The number of benzene rings is 2. The topological polar surface area (TPSA) is 42.3 Å². The number of rotatable bonds is 6. The van der Waals surface area contributed by atoms with E-state index in [1.54, 1.807) is 18.2 Å². The van der Waals surface area contributed by atoms with Gasteiger partial charge in [-0.1, -0.05) is 41.9 Å². The number of aromatic nitrogens is 1. The molecule has 2 amide bonds. The number of nitrogens with zero attached hydrogens (tertiary/aromatic N) is 2. The first-order valence-electron chi connectivity index (χ1n) is 10.3. The summed E-state index contributed by atoms with van der Waals surface area (Å²) in [6.07, 6.45) is 3.28. The summed E-state index contributed by atoms with van der Waals surface area (Å²) in [4.78, 5) is 27.0. The average molecular weight is 469 g/mol. The fourth-order valence-electron chi connectivity index (χ4n) is 3.88. The van der Waals surface area contributed by atoms with E-state index in [4.69, 9.17) is 11.6 Å². The molecule has 1 aromatic heterocycles. The van der Waals surface area contributed by atoms with Crippen molar-refractivity contribution in [3.8, 4) is 5.69 Å². The Kier molecular flexibility index (Phi) is 6.53. The Morgan fingerprint density at radius 3 is 2.53 bits per heavy atom. The highest BCUT2D eigenvalue weighted by Crippen LogP contribution is 2.34. The summed E-state index contributed by atoms with van der Waals surface area (Å²) >= 11 is 6.92. The van der Waals surface area contributed by atoms with Gasteiger partial charge in [0.05, 0.1) is 9.93 Å². The van der Waals surface area contributed by atoms with Crippen molar-refractivity contribution in [2.75, 3.05) is 6.54 Å². The van der Waals surface area contributed by atoms with Crippen molar-refractivity contribution in [1.82, 2.24) is 9.47 Å².